The minimum atomic E-state index is -0.788. The number of rotatable bonds is 2. The number of piperidine rings is 1. The number of para-hydroxylation sites is 2. The average Bonchev–Trinajstić information content (AvgIpc) is 3.08. The number of imidazole rings is 1. The molecule has 4 rings (SSSR count). The summed E-state index contributed by atoms with van der Waals surface area (Å²) in [4.78, 5) is 22.1. The highest BCUT2D eigenvalue weighted by molar-refractivity contribution is 5.89. The molecular weight excluding hydrogens is 338 g/mol. The number of amides is 2. The molecule has 1 saturated heterocycles. The highest BCUT2D eigenvalue weighted by atomic mass is 19.1. The van der Waals surface area contributed by atoms with Gasteiger partial charge in [-0.2, -0.15) is 0 Å². The van der Waals surface area contributed by atoms with E-state index in [1.807, 2.05) is 24.3 Å². The Kier molecular flexibility index (Phi) is 4.28. The average molecular weight is 356 g/mol. The predicted octanol–water partition coefficient (Wildman–Crippen LogP) is 4.25. The van der Waals surface area contributed by atoms with Crippen molar-refractivity contribution in [3.63, 3.8) is 0 Å². The summed E-state index contributed by atoms with van der Waals surface area (Å²) in [7, 11) is 0. The smallest absolute Gasteiger partial charge is 0.321 e. The molecule has 1 aromatic heterocycles. The Balaban J connectivity index is 1.48. The van der Waals surface area contributed by atoms with Gasteiger partial charge in [0.2, 0.25) is 0 Å². The highest BCUT2D eigenvalue weighted by Gasteiger charge is 2.27. The minimum Gasteiger partial charge on any atom is -0.342 e. The lowest BCUT2D eigenvalue weighted by Gasteiger charge is -2.31. The van der Waals surface area contributed by atoms with Crippen LogP contribution in [0.4, 0.5) is 19.3 Å². The van der Waals surface area contributed by atoms with Crippen molar-refractivity contribution in [3.8, 4) is 0 Å². The van der Waals surface area contributed by atoms with Crippen LogP contribution in [-0.2, 0) is 0 Å². The maximum absolute atomic E-state index is 13.7. The van der Waals surface area contributed by atoms with Crippen molar-refractivity contribution in [3.05, 3.63) is 59.9 Å². The van der Waals surface area contributed by atoms with E-state index in [1.165, 1.54) is 6.07 Å². The molecule has 134 valence electrons. The van der Waals surface area contributed by atoms with Gasteiger partial charge < -0.3 is 15.2 Å². The lowest BCUT2D eigenvalue weighted by Crippen LogP contribution is -2.42. The summed E-state index contributed by atoms with van der Waals surface area (Å²) in [6, 6.07) is 10.5. The van der Waals surface area contributed by atoms with Gasteiger partial charge in [0.15, 0.2) is 0 Å². The van der Waals surface area contributed by atoms with E-state index < -0.39 is 17.7 Å². The number of aromatic amines is 1. The topological polar surface area (TPSA) is 61.0 Å². The monoisotopic (exact) mass is 356 g/mol. The normalized spacial score (nSPS) is 17.5. The van der Waals surface area contributed by atoms with Crippen LogP contribution in [0.25, 0.3) is 11.0 Å². The van der Waals surface area contributed by atoms with Gasteiger partial charge in [-0.3, -0.25) is 0 Å². The lowest BCUT2D eigenvalue weighted by molar-refractivity contribution is 0.191. The molecule has 1 aliphatic rings. The zero-order valence-corrected chi connectivity index (χ0v) is 14.0. The summed E-state index contributed by atoms with van der Waals surface area (Å²) >= 11 is 0. The van der Waals surface area contributed by atoms with Crippen molar-refractivity contribution in [2.75, 3.05) is 18.4 Å². The van der Waals surface area contributed by atoms with Gasteiger partial charge in [-0.1, -0.05) is 12.1 Å². The first-order valence-corrected chi connectivity index (χ1v) is 8.56. The van der Waals surface area contributed by atoms with Crippen molar-refractivity contribution in [2.24, 2.45) is 0 Å². The van der Waals surface area contributed by atoms with Crippen LogP contribution in [0, 0.1) is 11.6 Å². The van der Waals surface area contributed by atoms with Crippen LogP contribution < -0.4 is 5.32 Å². The first-order chi connectivity index (χ1) is 12.6. The van der Waals surface area contributed by atoms with E-state index in [-0.39, 0.29) is 11.6 Å². The van der Waals surface area contributed by atoms with Crippen molar-refractivity contribution in [2.45, 2.75) is 18.8 Å². The Morgan fingerprint density at radius 3 is 2.88 bits per heavy atom. The van der Waals surface area contributed by atoms with Gasteiger partial charge in [-0.15, -0.1) is 0 Å². The molecule has 2 amide bonds. The molecule has 0 bridgehead atoms. The molecule has 2 N–H and O–H groups in total. The Hall–Kier alpha value is -2.96. The second kappa shape index (κ2) is 6.74. The molecule has 1 atom stereocenters. The number of halogens is 2. The SMILES string of the molecule is O=C(Nc1ccc(F)cc1F)N1CCC[C@@H](c2nc3ccccc3[nH]2)C1. The second-order valence-electron chi connectivity index (χ2n) is 6.48. The van der Waals surface area contributed by atoms with Gasteiger partial charge >= 0.3 is 6.03 Å². The van der Waals surface area contributed by atoms with E-state index in [2.05, 4.69) is 15.3 Å². The predicted molar refractivity (Wildman–Crippen MR) is 95.0 cm³/mol. The quantitative estimate of drug-likeness (QED) is 0.721. The Bertz CT molecular complexity index is 923. The van der Waals surface area contributed by atoms with Gasteiger partial charge in [-0.05, 0) is 37.1 Å². The third-order valence-corrected chi connectivity index (χ3v) is 4.68. The molecule has 26 heavy (non-hydrogen) atoms. The zero-order chi connectivity index (χ0) is 18.1. The summed E-state index contributed by atoms with van der Waals surface area (Å²) in [6.07, 6.45) is 1.76. The van der Waals surface area contributed by atoms with E-state index in [0.717, 1.165) is 41.8 Å². The van der Waals surface area contributed by atoms with Gasteiger partial charge in [-0.25, -0.2) is 18.6 Å². The number of nitrogens with one attached hydrogen (secondary N) is 2. The van der Waals surface area contributed by atoms with E-state index in [1.54, 1.807) is 4.90 Å². The molecule has 5 nitrogen and oxygen atoms in total. The van der Waals surface area contributed by atoms with Gasteiger partial charge in [0.25, 0.3) is 0 Å². The fraction of sp³-hybridized carbons (Fsp3) is 0.263. The standard InChI is InChI=1S/C19H18F2N4O/c20-13-7-8-15(14(21)10-13)24-19(26)25-9-3-4-12(11-25)18-22-16-5-1-2-6-17(16)23-18/h1-2,5-8,10,12H,3-4,9,11H2,(H,22,23)(H,24,26)/t12-/m1/s1. The van der Waals surface area contributed by atoms with Crippen LogP contribution in [0.1, 0.15) is 24.6 Å². The Morgan fingerprint density at radius 2 is 2.08 bits per heavy atom. The molecule has 0 spiro atoms. The molecule has 2 heterocycles. The van der Waals surface area contributed by atoms with Crippen molar-refractivity contribution in [1.29, 1.82) is 0 Å². The number of nitrogens with zero attached hydrogens (tertiary/aromatic N) is 2. The van der Waals surface area contributed by atoms with Gasteiger partial charge in [0.1, 0.15) is 17.5 Å². The van der Waals surface area contributed by atoms with Crippen LogP contribution in [0.5, 0.6) is 0 Å². The zero-order valence-electron chi connectivity index (χ0n) is 14.0. The number of H-pyrrole nitrogens is 1. The van der Waals surface area contributed by atoms with E-state index >= 15 is 0 Å². The van der Waals surface area contributed by atoms with Crippen LogP contribution in [0.2, 0.25) is 0 Å². The minimum absolute atomic E-state index is 0.0257. The first-order valence-electron chi connectivity index (χ1n) is 8.56. The molecule has 0 radical (unpaired) electrons. The molecule has 7 heteroatoms. The fourth-order valence-electron chi connectivity index (χ4n) is 3.34. The number of aromatic nitrogens is 2. The largest absolute Gasteiger partial charge is 0.342 e. The number of anilines is 1. The third kappa shape index (κ3) is 3.24. The van der Waals surface area contributed by atoms with Crippen LogP contribution in [0.3, 0.4) is 0 Å². The van der Waals surface area contributed by atoms with Crippen LogP contribution >= 0.6 is 0 Å². The highest BCUT2D eigenvalue weighted by Crippen LogP contribution is 2.27. The Morgan fingerprint density at radius 1 is 1.23 bits per heavy atom. The van der Waals surface area contributed by atoms with Crippen molar-refractivity contribution < 1.29 is 13.6 Å². The molecular formula is C19H18F2N4O. The number of benzene rings is 2. The second-order valence-corrected chi connectivity index (χ2v) is 6.48. The maximum atomic E-state index is 13.7. The summed E-state index contributed by atoms with van der Waals surface area (Å²) in [5, 5.41) is 2.52. The summed E-state index contributed by atoms with van der Waals surface area (Å²) in [5.74, 6) is -0.510. The van der Waals surface area contributed by atoms with E-state index in [0.29, 0.717) is 13.1 Å². The summed E-state index contributed by atoms with van der Waals surface area (Å²) < 4.78 is 26.7. The number of carbonyl (C=O) groups is 1. The Labute approximate surface area is 149 Å². The van der Waals surface area contributed by atoms with Crippen LogP contribution in [0.15, 0.2) is 42.5 Å². The van der Waals surface area contributed by atoms with Crippen molar-refractivity contribution >= 4 is 22.8 Å². The van der Waals surface area contributed by atoms with E-state index in [9.17, 15) is 13.6 Å². The molecule has 0 unspecified atom stereocenters. The van der Waals surface area contributed by atoms with Gasteiger partial charge in [0.05, 0.1) is 16.7 Å². The number of likely N-dealkylation sites (tertiary alicyclic amines) is 1. The maximum Gasteiger partial charge on any atom is 0.321 e. The molecule has 2 aromatic carbocycles. The molecule has 0 saturated carbocycles. The molecule has 0 aliphatic carbocycles. The first kappa shape index (κ1) is 16.5. The number of fused-ring (bicyclic) bond motifs is 1. The number of urea groups is 1. The number of hydrogen-bond donors (Lipinski definition) is 2. The molecule has 1 aliphatic heterocycles. The van der Waals surface area contributed by atoms with Gasteiger partial charge in [0, 0.05) is 25.1 Å². The van der Waals surface area contributed by atoms with Crippen molar-refractivity contribution in [1.82, 2.24) is 14.9 Å². The molecule has 1 fully saturated rings. The van der Waals surface area contributed by atoms with E-state index in [4.69, 9.17) is 0 Å². The molecule has 3 aromatic rings. The lowest BCUT2D eigenvalue weighted by atomic mass is 9.97. The summed E-state index contributed by atoms with van der Waals surface area (Å²) in [5.41, 5.74) is 1.84. The number of carbonyl (C=O) groups excluding carboxylic acids is 1. The number of hydrogen-bond acceptors (Lipinski definition) is 2. The van der Waals surface area contributed by atoms with Crippen LogP contribution in [-0.4, -0.2) is 34.0 Å². The third-order valence-electron chi connectivity index (χ3n) is 4.68. The summed E-state index contributed by atoms with van der Waals surface area (Å²) in [6.45, 7) is 1.08. The fourth-order valence-corrected chi connectivity index (χ4v) is 3.34.